The highest BCUT2D eigenvalue weighted by molar-refractivity contribution is 6.06. The van der Waals surface area contributed by atoms with E-state index in [4.69, 9.17) is 4.74 Å². The van der Waals surface area contributed by atoms with Gasteiger partial charge in [0, 0.05) is 37.6 Å². The molecule has 2 aromatic carbocycles. The van der Waals surface area contributed by atoms with E-state index in [0.717, 1.165) is 32.4 Å². The maximum Gasteiger partial charge on any atom is 0.262 e. The number of nitrogens with zero attached hydrogens (tertiary/aromatic N) is 3. The second-order valence-electron chi connectivity index (χ2n) is 8.18. The molecule has 0 atom stereocenters. The van der Waals surface area contributed by atoms with Gasteiger partial charge < -0.3 is 15.0 Å². The monoisotopic (exact) mass is 432 g/mol. The van der Waals surface area contributed by atoms with E-state index >= 15 is 0 Å². The molecule has 1 aliphatic heterocycles. The van der Waals surface area contributed by atoms with E-state index in [-0.39, 0.29) is 17.7 Å². The Hall–Kier alpha value is -3.61. The van der Waals surface area contributed by atoms with Crippen LogP contribution in [0, 0.1) is 5.92 Å². The zero-order valence-electron chi connectivity index (χ0n) is 18.5. The molecule has 2 amide bonds. The predicted octanol–water partition coefficient (Wildman–Crippen LogP) is 3.78. The van der Waals surface area contributed by atoms with Gasteiger partial charge in [0.15, 0.2) is 0 Å². The molecule has 1 aromatic heterocycles. The van der Waals surface area contributed by atoms with E-state index in [9.17, 15) is 9.59 Å². The van der Waals surface area contributed by atoms with E-state index in [1.807, 2.05) is 11.0 Å². The van der Waals surface area contributed by atoms with Crippen molar-refractivity contribution in [3.63, 3.8) is 0 Å². The number of methoxy groups -OCH3 is 1. The highest BCUT2D eigenvalue weighted by atomic mass is 16.5. The predicted molar refractivity (Wildman–Crippen MR) is 123 cm³/mol. The average Bonchev–Trinajstić information content (AvgIpc) is 3.21. The molecule has 0 bridgehead atoms. The molecule has 0 radical (unpaired) electrons. The number of rotatable bonds is 6. The number of nitrogens with one attached hydrogen (secondary N) is 1. The number of benzene rings is 2. The number of carbonyl (C=O) groups excluding carboxylic acids is 2. The van der Waals surface area contributed by atoms with Gasteiger partial charge in [-0.3, -0.25) is 14.3 Å². The van der Waals surface area contributed by atoms with Gasteiger partial charge in [0.1, 0.15) is 5.56 Å². The summed E-state index contributed by atoms with van der Waals surface area (Å²) in [5.41, 5.74) is 2.95. The number of piperidine rings is 1. The summed E-state index contributed by atoms with van der Waals surface area (Å²) < 4.78 is 6.67. The summed E-state index contributed by atoms with van der Waals surface area (Å²) in [6, 6.07) is 17.5. The Bertz CT molecular complexity index is 1070. The third-order valence-electron chi connectivity index (χ3n) is 5.89. The van der Waals surface area contributed by atoms with Gasteiger partial charge in [-0.05, 0) is 55.0 Å². The minimum Gasteiger partial charge on any atom is -0.479 e. The van der Waals surface area contributed by atoms with Gasteiger partial charge in [0.05, 0.1) is 7.11 Å². The molecule has 166 valence electrons. The zero-order valence-corrected chi connectivity index (χ0v) is 18.5. The van der Waals surface area contributed by atoms with Crippen molar-refractivity contribution in [2.24, 2.45) is 13.0 Å². The summed E-state index contributed by atoms with van der Waals surface area (Å²) in [5, 5.41) is 6.92. The third kappa shape index (κ3) is 4.99. The van der Waals surface area contributed by atoms with Gasteiger partial charge in [-0.25, -0.2) is 0 Å². The molecule has 2 heterocycles. The molecule has 1 fully saturated rings. The van der Waals surface area contributed by atoms with Crippen LogP contribution in [0.1, 0.15) is 39.1 Å². The van der Waals surface area contributed by atoms with Gasteiger partial charge >= 0.3 is 0 Å². The molecule has 0 saturated carbocycles. The summed E-state index contributed by atoms with van der Waals surface area (Å²) in [4.78, 5) is 27.4. The van der Waals surface area contributed by atoms with Crippen molar-refractivity contribution in [2.75, 3.05) is 25.5 Å². The first-order valence-corrected chi connectivity index (χ1v) is 10.9. The molecular formula is C25H28N4O3. The normalized spacial score (nSPS) is 14.2. The maximum absolute atomic E-state index is 12.9. The molecule has 1 N–H and O–H groups in total. The second-order valence-corrected chi connectivity index (χ2v) is 8.18. The van der Waals surface area contributed by atoms with Gasteiger partial charge in [-0.1, -0.05) is 30.3 Å². The van der Waals surface area contributed by atoms with Crippen molar-refractivity contribution in [3.8, 4) is 5.88 Å². The highest BCUT2D eigenvalue weighted by Gasteiger charge is 2.24. The number of likely N-dealkylation sites (tertiary alicyclic amines) is 1. The van der Waals surface area contributed by atoms with Gasteiger partial charge in [0.2, 0.25) is 5.88 Å². The van der Waals surface area contributed by atoms with Crippen molar-refractivity contribution >= 4 is 17.5 Å². The van der Waals surface area contributed by atoms with Crippen molar-refractivity contribution in [1.29, 1.82) is 0 Å². The van der Waals surface area contributed by atoms with Crippen molar-refractivity contribution in [2.45, 2.75) is 19.3 Å². The fourth-order valence-corrected chi connectivity index (χ4v) is 4.14. The van der Waals surface area contributed by atoms with Crippen LogP contribution < -0.4 is 10.1 Å². The van der Waals surface area contributed by atoms with Crippen LogP contribution in [0.2, 0.25) is 0 Å². The Morgan fingerprint density at radius 1 is 1.06 bits per heavy atom. The second kappa shape index (κ2) is 9.68. The average molecular weight is 433 g/mol. The molecule has 7 nitrogen and oxygen atoms in total. The van der Waals surface area contributed by atoms with Crippen LogP contribution in [0.15, 0.2) is 60.8 Å². The molecule has 0 aliphatic carbocycles. The maximum atomic E-state index is 12.9. The van der Waals surface area contributed by atoms with Gasteiger partial charge in [-0.2, -0.15) is 0 Å². The van der Waals surface area contributed by atoms with E-state index in [0.29, 0.717) is 22.7 Å². The number of ether oxygens (including phenoxy) is 1. The topological polar surface area (TPSA) is 76.5 Å². The van der Waals surface area contributed by atoms with Crippen molar-refractivity contribution in [3.05, 3.63) is 77.5 Å². The van der Waals surface area contributed by atoms with Crippen LogP contribution in [0.5, 0.6) is 5.88 Å². The van der Waals surface area contributed by atoms with E-state index in [1.165, 1.54) is 17.4 Å². The van der Waals surface area contributed by atoms with Crippen molar-refractivity contribution in [1.82, 2.24) is 14.7 Å². The molecular weight excluding hydrogens is 404 g/mol. The molecule has 7 heteroatoms. The first-order chi connectivity index (χ1) is 15.5. The lowest BCUT2D eigenvalue weighted by molar-refractivity contribution is 0.0690. The standard InChI is InChI=1S/C25H28N4O3/c1-28-17-22(24(27-28)32-2)23(30)26-21-10-8-20(9-11-21)25(31)29-14-12-19(13-15-29)16-18-6-4-3-5-7-18/h3-11,17,19H,12-16H2,1-2H3,(H,26,30). The first kappa shape index (κ1) is 21.6. The largest absolute Gasteiger partial charge is 0.479 e. The molecule has 0 unspecified atom stereocenters. The van der Waals surface area contributed by atoms with E-state index in [2.05, 4.69) is 34.7 Å². The molecule has 32 heavy (non-hydrogen) atoms. The Kier molecular flexibility index (Phi) is 6.54. The smallest absolute Gasteiger partial charge is 0.262 e. The van der Waals surface area contributed by atoms with Crippen molar-refractivity contribution < 1.29 is 14.3 Å². The lowest BCUT2D eigenvalue weighted by Gasteiger charge is -2.32. The minimum absolute atomic E-state index is 0.0370. The summed E-state index contributed by atoms with van der Waals surface area (Å²) in [7, 11) is 3.20. The fourth-order valence-electron chi connectivity index (χ4n) is 4.14. The number of hydrogen-bond acceptors (Lipinski definition) is 4. The summed E-state index contributed by atoms with van der Waals surface area (Å²) in [6.45, 7) is 1.55. The summed E-state index contributed by atoms with van der Waals surface area (Å²) in [5.74, 6) is 0.612. The third-order valence-corrected chi connectivity index (χ3v) is 5.89. The molecule has 1 saturated heterocycles. The molecule has 4 rings (SSSR count). The SMILES string of the molecule is COc1nn(C)cc1C(=O)Nc1ccc(C(=O)N2CCC(Cc3ccccc3)CC2)cc1. The lowest BCUT2D eigenvalue weighted by atomic mass is 9.90. The number of aryl methyl sites for hydroxylation is 1. The Labute approximate surface area is 188 Å². The van der Waals surface area contributed by atoms with Gasteiger partial charge in [-0.15, -0.1) is 5.10 Å². The zero-order chi connectivity index (χ0) is 22.5. The summed E-state index contributed by atoms with van der Waals surface area (Å²) >= 11 is 0. The molecule has 3 aromatic rings. The Balaban J connectivity index is 1.32. The Morgan fingerprint density at radius 3 is 2.41 bits per heavy atom. The molecule has 1 aliphatic rings. The number of anilines is 1. The van der Waals surface area contributed by atoms with Crippen LogP contribution in [-0.2, 0) is 13.5 Å². The number of aromatic nitrogens is 2. The van der Waals surface area contributed by atoms with Crippen LogP contribution in [-0.4, -0.2) is 46.7 Å². The quantitative estimate of drug-likeness (QED) is 0.643. The lowest BCUT2D eigenvalue weighted by Crippen LogP contribution is -2.38. The molecule has 0 spiro atoms. The van der Waals surface area contributed by atoms with Crippen LogP contribution in [0.3, 0.4) is 0 Å². The van der Waals surface area contributed by atoms with Crippen LogP contribution in [0.25, 0.3) is 0 Å². The number of carbonyl (C=O) groups is 2. The van der Waals surface area contributed by atoms with Crippen LogP contribution in [0.4, 0.5) is 5.69 Å². The Morgan fingerprint density at radius 2 is 1.75 bits per heavy atom. The first-order valence-electron chi connectivity index (χ1n) is 10.9. The van der Waals surface area contributed by atoms with Gasteiger partial charge in [0.25, 0.3) is 11.8 Å². The number of amides is 2. The fraction of sp³-hybridized carbons (Fsp3) is 0.320. The van der Waals surface area contributed by atoms with E-state index < -0.39 is 0 Å². The highest BCUT2D eigenvalue weighted by Crippen LogP contribution is 2.23. The van der Waals surface area contributed by atoms with Crippen LogP contribution >= 0.6 is 0 Å². The number of hydrogen-bond donors (Lipinski definition) is 1. The summed E-state index contributed by atoms with van der Waals surface area (Å²) in [6.07, 6.45) is 4.70. The minimum atomic E-state index is -0.311. The van der Waals surface area contributed by atoms with E-state index in [1.54, 1.807) is 37.5 Å².